The molecule has 0 fully saturated rings. The van der Waals surface area contributed by atoms with Gasteiger partial charge in [-0.05, 0) is 66.6 Å². The molecule has 1 aromatic heterocycles. The van der Waals surface area contributed by atoms with Crippen LogP contribution in [0.25, 0.3) is 10.9 Å². The molecule has 0 spiro atoms. The maximum absolute atomic E-state index is 12.5. The van der Waals surface area contributed by atoms with Crippen LogP contribution in [0.3, 0.4) is 0 Å². The Kier molecular flexibility index (Phi) is 8.05. The van der Waals surface area contributed by atoms with E-state index in [-0.39, 0.29) is 19.2 Å². The summed E-state index contributed by atoms with van der Waals surface area (Å²) >= 11 is 11.8. The number of aryl methyl sites for hydroxylation is 1. The van der Waals surface area contributed by atoms with Gasteiger partial charge in [-0.15, -0.1) is 23.2 Å². The van der Waals surface area contributed by atoms with E-state index >= 15 is 0 Å². The number of alkyl halides is 2. The molecule has 7 nitrogen and oxygen atoms in total. The lowest BCUT2D eigenvalue weighted by molar-refractivity contribution is -0.133. The number of hydrogen-bond donors (Lipinski definition) is 0. The largest absolute Gasteiger partial charge is 0.453 e. The fraction of sp³-hybridized carbons (Fsp3) is 0.241. The first-order chi connectivity index (χ1) is 18.5. The van der Waals surface area contributed by atoms with Crippen LogP contribution in [0.1, 0.15) is 11.1 Å². The minimum Gasteiger partial charge on any atom is -0.453 e. The number of carbonyl (C=O) groups excluding carboxylic acids is 1. The molecule has 0 saturated carbocycles. The number of carbonyl (C=O) groups is 1. The molecule has 0 N–H and O–H groups in total. The van der Waals surface area contributed by atoms with Gasteiger partial charge in [0, 0.05) is 35.9 Å². The maximum Gasteiger partial charge on any atom is 0.315 e. The van der Waals surface area contributed by atoms with E-state index in [1.165, 1.54) is 0 Å². The van der Waals surface area contributed by atoms with Crippen molar-refractivity contribution in [3.63, 3.8) is 0 Å². The summed E-state index contributed by atoms with van der Waals surface area (Å²) in [4.78, 5) is 19.2. The number of hydrogen-bond acceptors (Lipinski definition) is 7. The number of rotatable bonds is 10. The lowest BCUT2D eigenvalue weighted by atomic mass is 10.1. The topological polar surface area (TPSA) is 70.1 Å². The van der Waals surface area contributed by atoms with Crippen molar-refractivity contribution in [2.45, 2.75) is 13.3 Å². The number of fused-ring (bicyclic) bond motifs is 2. The Morgan fingerprint density at radius 3 is 2.37 bits per heavy atom. The molecule has 0 atom stereocenters. The van der Waals surface area contributed by atoms with E-state index in [1.807, 2.05) is 61.5 Å². The van der Waals surface area contributed by atoms with Crippen LogP contribution in [-0.4, -0.2) is 42.6 Å². The lowest BCUT2D eigenvalue weighted by Gasteiger charge is -2.22. The second kappa shape index (κ2) is 11.8. The molecule has 0 amide bonds. The number of nitrogens with zero attached hydrogens (tertiary/aromatic N) is 2. The zero-order chi connectivity index (χ0) is 26.5. The van der Waals surface area contributed by atoms with Crippen LogP contribution in [0.5, 0.6) is 28.9 Å². The smallest absolute Gasteiger partial charge is 0.315 e. The highest BCUT2D eigenvalue weighted by Gasteiger charge is 2.24. The summed E-state index contributed by atoms with van der Waals surface area (Å²) in [6, 6.07) is 20.5. The molecule has 0 bridgehead atoms. The Labute approximate surface area is 230 Å². The van der Waals surface area contributed by atoms with Gasteiger partial charge in [-0.2, -0.15) is 0 Å². The third kappa shape index (κ3) is 5.90. The monoisotopic (exact) mass is 552 g/mol. The molecule has 3 aromatic carbocycles. The first-order valence-corrected chi connectivity index (χ1v) is 13.3. The third-order valence-corrected chi connectivity index (χ3v) is 6.39. The molecule has 4 aromatic rings. The molecule has 1 aliphatic heterocycles. The lowest BCUT2D eigenvalue weighted by Crippen LogP contribution is -2.27. The fourth-order valence-corrected chi connectivity index (χ4v) is 4.61. The average Bonchev–Trinajstić information content (AvgIpc) is 3.38. The molecule has 0 saturated heterocycles. The van der Waals surface area contributed by atoms with Crippen molar-refractivity contribution in [3.8, 4) is 28.9 Å². The summed E-state index contributed by atoms with van der Waals surface area (Å²) in [7, 11) is 0. The van der Waals surface area contributed by atoms with Crippen LogP contribution in [0, 0.1) is 6.92 Å². The normalized spacial score (nSPS) is 12.0. The van der Waals surface area contributed by atoms with Crippen LogP contribution in [-0.2, 0) is 11.2 Å². The van der Waals surface area contributed by atoms with E-state index in [1.54, 1.807) is 12.1 Å². The summed E-state index contributed by atoms with van der Waals surface area (Å²) in [6.45, 7) is 3.47. The Hall–Kier alpha value is -3.68. The fourth-order valence-electron chi connectivity index (χ4n) is 4.20. The van der Waals surface area contributed by atoms with Crippen molar-refractivity contribution in [2.75, 3.05) is 36.5 Å². The molecule has 196 valence electrons. The summed E-state index contributed by atoms with van der Waals surface area (Å²) < 4.78 is 22.9. The van der Waals surface area contributed by atoms with Crippen LogP contribution in [0.15, 0.2) is 66.7 Å². The maximum atomic E-state index is 12.5. The predicted octanol–water partition coefficient (Wildman–Crippen LogP) is 6.50. The molecule has 0 aliphatic carbocycles. The van der Waals surface area contributed by atoms with Gasteiger partial charge in [-0.3, -0.25) is 4.79 Å². The minimum absolute atomic E-state index is 0.0941. The number of esters is 1. The van der Waals surface area contributed by atoms with Crippen LogP contribution in [0.2, 0.25) is 0 Å². The highest BCUT2D eigenvalue weighted by atomic mass is 35.5. The van der Waals surface area contributed by atoms with Crippen molar-refractivity contribution < 1.29 is 23.7 Å². The van der Waals surface area contributed by atoms with E-state index in [4.69, 9.17) is 42.1 Å². The molecular weight excluding hydrogens is 527 g/mol. The van der Waals surface area contributed by atoms with Gasteiger partial charge in [-0.1, -0.05) is 18.2 Å². The van der Waals surface area contributed by atoms with Crippen molar-refractivity contribution in [1.29, 1.82) is 0 Å². The number of anilines is 1. The van der Waals surface area contributed by atoms with Crippen molar-refractivity contribution >= 4 is 45.8 Å². The van der Waals surface area contributed by atoms with Crippen molar-refractivity contribution in [1.82, 2.24) is 4.98 Å². The molecule has 1 aliphatic rings. The summed E-state index contributed by atoms with van der Waals surface area (Å²) in [5, 5.41) is 0.826. The van der Waals surface area contributed by atoms with Gasteiger partial charge < -0.3 is 23.8 Å². The van der Waals surface area contributed by atoms with Crippen LogP contribution < -0.4 is 23.8 Å². The van der Waals surface area contributed by atoms with Crippen LogP contribution >= 0.6 is 23.2 Å². The number of pyridine rings is 1. The standard InChI is InChI=1S/C29H26Cl2N2O5/c1-19-2-11-24-25(16-19)32-29-28(35-18-36-29)27(24)38-23-7-3-20(4-8-23)17-26(34)37-22-9-5-21(6-10-22)33(14-12-30)15-13-31/h2-11,16H,12-15,17-18H2,1H3. The first-order valence-electron chi connectivity index (χ1n) is 12.2. The zero-order valence-corrected chi connectivity index (χ0v) is 22.3. The highest BCUT2D eigenvalue weighted by Crippen LogP contribution is 2.46. The first kappa shape index (κ1) is 25.9. The molecule has 5 rings (SSSR count). The zero-order valence-electron chi connectivity index (χ0n) is 20.8. The quantitative estimate of drug-likeness (QED) is 0.126. The number of ether oxygens (including phenoxy) is 4. The van der Waals surface area contributed by atoms with Gasteiger partial charge in [0.15, 0.2) is 5.75 Å². The molecule has 38 heavy (non-hydrogen) atoms. The number of benzene rings is 3. The van der Waals surface area contributed by atoms with Gasteiger partial charge in [0.1, 0.15) is 11.5 Å². The molecule has 2 heterocycles. The van der Waals surface area contributed by atoms with E-state index in [0.29, 0.717) is 53.7 Å². The number of halogens is 2. The molecule has 0 radical (unpaired) electrons. The second-order valence-electron chi connectivity index (χ2n) is 8.76. The molecule has 0 unspecified atom stereocenters. The minimum atomic E-state index is -0.358. The SMILES string of the molecule is Cc1ccc2c(Oc3ccc(CC(=O)Oc4ccc(N(CCCl)CCCl)cc4)cc3)c3c(nc2c1)OCO3. The van der Waals surface area contributed by atoms with E-state index in [0.717, 1.165) is 27.7 Å². The van der Waals surface area contributed by atoms with Crippen molar-refractivity contribution in [3.05, 3.63) is 77.9 Å². The highest BCUT2D eigenvalue weighted by molar-refractivity contribution is 6.18. The number of aromatic nitrogens is 1. The predicted molar refractivity (Wildman–Crippen MR) is 149 cm³/mol. The summed E-state index contributed by atoms with van der Waals surface area (Å²) in [6.07, 6.45) is 0.121. The average molecular weight is 553 g/mol. The van der Waals surface area contributed by atoms with Gasteiger partial charge in [0.05, 0.1) is 11.9 Å². The van der Waals surface area contributed by atoms with E-state index < -0.39 is 0 Å². The Morgan fingerprint density at radius 1 is 0.947 bits per heavy atom. The Bertz CT molecular complexity index is 1420. The van der Waals surface area contributed by atoms with Crippen molar-refractivity contribution in [2.24, 2.45) is 0 Å². The Balaban J connectivity index is 1.24. The second-order valence-corrected chi connectivity index (χ2v) is 9.51. The molecule has 9 heteroatoms. The summed E-state index contributed by atoms with van der Waals surface area (Å²) in [5.74, 6) is 3.16. The van der Waals surface area contributed by atoms with Gasteiger partial charge in [0.2, 0.25) is 12.5 Å². The molecular formula is C29H26Cl2N2O5. The van der Waals surface area contributed by atoms with Gasteiger partial charge >= 0.3 is 5.97 Å². The van der Waals surface area contributed by atoms with Gasteiger partial charge in [0.25, 0.3) is 5.88 Å². The van der Waals surface area contributed by atoms with E-state index in [9.17, 15) is 4.79 Å². The van der Waals surface area contributed by atoms with E-state index in [2.05, 4.69) is 9.88 Å². The van der Waals surface area contributed by atoms with Gasteiger partial charge in [-0.25, -0.2) is 4.98 Å². The van der Waals surface area contributed by atoms with Crippen LogP contribution in [0.4, 0.5) is 5.69 Å². The third-order valence-electron chi connectivity index (χ3n) is 6.05. The summed E-state index contributed by atoms with van der Waals surface area (Å²) in [5.41, 5.74) is 3.62. The Morgan fingerprint density at radius 2 is 1.66 bits per heavy atom.